The maximum absolute atomic E-state index is 13.6. The maximum Gasteiger partial charge on any atom is 0.416 e. The van der Waals surface area contributed by atoms with Gasteiger partial charge in [-0.25, -0.2) is 0 Å². The van der Waals surface area contributed by atoms with Crippen LogP contribution in [0.5, 0.6) is 5.75 Å². The molecule has 0 unspecified atom stereocenters. The molecular weight excluding hydrogens is 508 g/mol. The Bertz CT molecular complexity index is 1160. The first-order valence-corrected chi connectivity index (χ1v) is 13.0. The number of nitrogens with zero attached hydrogens (tertiary/aromatic N) is 1. The van der Waals surface area contributed by atoms with Crippen molar-refractivity contribution in [2.45, 2.75) is 70.3 Å². The molecule has 3 aliphatic rings. The SMILES string of the molecule is COc1ccc(CO[C@]2(C)C[N@+]3(Cc4cc(C(F)(F)F)cc(C(F)(F)F)c4)C[C@@H](C)[C@@H]4CC[C@H]2[C@@]43C)cc1. The second-order valence-corrected chi connectivity index (χ2v) is 11.9. The van der Waals surface area contributed by atoms with Crippen molar-refractivity contribution in [3.8, 4) is 5.75 Å². The van der Waals surface area contributed by atoms with Crippen LogP contribution in [0.1, 0.15) is 55.9 Å². The first-order chi connectivity index (χ1) is 17.6. The van der Waals surface area contributed by atoms with Crippen LogP contribution in [0, 0.1) is 17.8 Å². The summed E-state index contributed by atoms with van der Waals surface area (Å²) in [6.07, 6.45) is -7.81. The topological polar surface area (TPSA) is 18.5 Å². The molecule has 2 aliphatic heterocycles. The van der Waals surface area contributed by atoms with Gasteiger partial charge in [-0.15, -0.1) is 0 Å². The average molecular weight is 543 g/mol. The molecule has 2 heterocycles. The third kappa shape index (κ3) is 4.30. The van der Waals surface area contributed by atoms with Gasteiger partial charge >= 0.3 is 12.4 Å². The fourth-order valence-corrected chi connectivity index (χ4v) is 8.34. The third-order valence-electron chi connectivity index (χ3n) is 9.78. The van der Waals surface area contributed by atoms with Crippen LogP contribution in [0.3, 0.4) is 0 Å². The summed E-state index contributed by atoms with van der Waals surface area (Å²) in [4.78, 5) is 0. The summed E-state index contributed by atoms with van der Waals surface area (Å²) in [5, 5.41) is 0. The predicted octanol–water partition coefficient (Wildman–Crippen LogP) is 7.47. The van der Waals surface area contributed by atoms with E-state index < -0.39 is 29.1 Å². The molecule has 1 saturated carbocycles. The van der Waals surface area contributed by atoms with E-state index in [9.17, 15) is 26.3 Å². The van der Waals surface area contributed by atoms with Crippen LogP contribution in [-0.4, -0.2) is 35.8 Å². The van der Waals surface area contributed by atoms with Gasteiger partial charge < -0.3 is 14.0 Å². The van der Waals surface area contributed by atoms with Gasteiger partial charge in [0.2, 0.25) is 0 Å². The van der Waals surface area contributed by atoms with Crippen molar-refractivity contribution in [1.29, 1.82) is 0 Å². The average Bonchev–Trinajstić information content (AvgIpc) is 3.36. The molecule has 2 aromatic carbocycles. The van der Waals surface area contributed by atoms with Crippen LogP contribution in [0.15, 0.2) is 42.5 Å². The molecule has 3 fully saturated rings. The number of hydrogen-bond acceptors (Lipinski definition) is 2. The highest BCUT2D eigenvalue weighted by atomic mass is 19.4. The molecule has 2 saturated heterocycles. The molecule has 38 heavy (non-hydrogen) atoms. The lowest BCUT2D eigenvalue weighted by Gasteiger charge is -2.44. The van der Waals surface area contributed by atoms with Crippen molar-refractivity contribution < 1.29 is 40.3 Å². The zero-order valence-electron chi connectivity index (χ0n) is 22.0. The third-order valence-corrected chi connectivity index (χ3v) is 9.78. The monoisotopic (exact) mass is 542 g/mol. The largest absolute Gasteiger partial charge is 0.497 e. The second-order valence-electron chi connectivity index (χ2n) is 11.9. The van der Waals surface area contributed by atoms with Crippen molar-refractivity contribution in [2.24, 2.45) is 17.8 Å². The number of benzene rings is 2. The second kappa shape index (κ2) is 8.88. The zero-order valence-corrected chi connectivity index (χ0v) is 22.0. The number of alkyl halides is 6. The first kappa shape index (κ1) is 27.3. The minimum Gasteiger partial charge on any atom is -0.497 e. The first-order valence-electron chi connectivity index (χ1n) is 13.0. The lowest BCUT2D eigenvalue weighted by atomic mass is 9.76. The molecule has 0 spiro atoms. The van der Waals surface area contributed by atoms with Gasteiger partial charge in [-0.05, 0) is 62.6 Å². The van der Waals surface area contributed by atoms with Crippen LogP contribution in [-0.2, 0) is 30.2 Å². The summed E-state index contributed by atoms with van der Waals surface area (Å²) in [6.45, 7) is 8.17. The summed E-state index contributed by atoms with van der Waals surface area (Å²) in [6, 6.07) is 9.62. The zero-order chi connectivity index (χ0) is 27.7. The molecule has 9 heteroatoms. The standard InChI is InChI=1S/C29H34F6NO2/c1-18-14-36(15-20-11-21(28(30,31)32)13-22(12-20)29(33,34)35)17-26(2,25-10-9-24(18)27(25,36)3)38-16-19-5-7-23(37-4)8-6-19/h5-8,11-13,18,24-25H,9-10,14-17H2,1-4H3/q+1/t18-,24+,25-,26-,27-,36-/m1/s1. The van der Waals surface area contributed by atoms with Gasteiger partial charge in [0, 0.05) is 23.3 Å². The van der Waals surface area contributed by atoms with Crippen LogP contribution in [0.25, 0.3) is 0 Å². The molecule has 3 nitrogen and oxygen atoms in total. The molecule has 0 N–H and O–H groups in total. The summed E-state index contributed by atoms with van der Waals surface area (Å²) >= 11 is 0. The van der Waals surface area contributed by atoms with Crippen molar-refractivity contribution in [3.05, 3.63) is 64.7 Å². The summed E-state index contributed by atoms with van der Waals surface area (Å²) in [7, 11) is 1.60. The molecule has 2 aromatic rings. The summed E-state index contributed by atoms with van der Waals surface area (Å²) in [5.74, 6) is 1.55. The number of ether oxygens (including phenoxy) is 2. The minimum atomic E-state index is -4.86. The number of hydrogen-bond donors (Lipinski definition) is 0. The fourth-order valence-electron chi connectivity index (χ4n) is 8.34. The lowest BCUT2D eigenvalue weighted by Crippen LogP contribution is -2.57. The summed E-state index contributed by atoms with van der Waals surface area (Å²) in [5.41, 5.74) is -2.30. The Morgan fingerprint density at radius 1 is 0.895 bits per heavy atom. The van der Waals surface area contributed by atoms with Gasteiger partial charge in [0.1, 0.15) is 30.0 Å². The van der Waals surface area contributed by atoms with E-state index >= 15 is 0 Å². The molecule has 0 aromatic heterocycles. The smallest absolute Gasteiger partial charge is 0.416 e. The lowest BCUT2D eigenvalue weighted by molar-refractivity contribution is -0.967. The van der Waals surface area contributed by atoms with Gasteiger partial charge in [-0.1, -0.05) is 19.1 Å². The van der Waals surface area contributed by atoms with Crippen molar-refractivity contribution >= 4 is 0 Å². The Labute approximate surface area is 219 Å². The van der Waals surface area contributed by atoms with Gasteiger partial charge in [-0.2, -0.15) is 26.3 Å². The predicted molar refractivity (Wildman–Crippen MR) is 130 cm³/mol. The maximum atomic E-state index is 13.6. The van der Waals surface area contributed by atoms with Crippen LogP contribution >= 0.6 is 0 Å². The Morgan fingerprint density at radius 3 is 2.05 bits per heavy atom. The van der Waals surface area contributed by atoms with E-state index in [1.807, 2.05) is 24.3 Å². The Kier molecular flexibility index (Phi) is 6.38. The highest BCUT2D eigenvalue weighted by Gasteiger charge is 2.76. The quantitative estimate of drug-likeness (QED) is 0.279. The van der Waals surface area contributed by atoms with Crippen LogP contribution in [0.4, 0.5) is 26.3 Å². The Morgan fingerprint density at radius 2 is 1.50 bits per heavy atom. The Balaban J connectivity index is 1.50. The van der Waals surface area contributed by atoms with E-state index in [1.54, 1.807) is 7.11 Å². The molecule has 5 rings (SSSR count). The molecule has 0 radical (unpaired) electrons. The normalized spacial score (nSPS) is 34.5. The number of halogens is 6. The molecule has 6 atom stereocenters. The number of methoxy groups -OCH3 is 1. The fraction of sp³-hybridized carbons (Fsp3) is 0.586. The molecular formula is C29H34F6NO2+. The Hall–Kier alpha value is -2.26. The molecule has 1 aliphatic carbocycles. The van der Waals surface area contributed by atoms with E-state index in [4.69, 9.17) is 9.47 Å². The minimum absolute atomic E-state index is 0.0753. The van der Waals surface area contributed by atoms with Gasteiger partial charge in [0.25, 0.3) is 0 Å². The number of rotatable bonds is 6. The van der Waals surface area contributed by atoms with Crippen molar-refractivity contribution in [3.63, 3.8) is 0 Å². The van der Waals surface area contributed by atoms with Crippen LogP contribution in [0.2, 0.25) is 0 Å². The summed E-state index contributed by atoms with van der Waals surface area (Å²) < 4.78 is 94.0. The van der Waals surface area contributed by atoms with E-state index in [2.05, 4.69) is 20.8 Å². The number of quaternary nitrogens is 1. The molecule has 208 valence electrons. The highest BCUT2D eigenvalue weighted by molar-refractivity contribution is 5.34. The van der Waals surface area contributed by atoms with Gasteiger partial charge in [0.15, 0.2) is 0 Å². The van der Waals surface area contributed by atoms with Gasteiger partial charge in [-0.3, -0.25) is 0 Å². The van der Waals surface area contributed by atoms with Gasteiger partial charge in [0.05, 0.1) is 31.4 Å². The van der Waals surface area contributed by atoms with E-state index in [0.29, 0.717) is 36.0 Å². The van der Waals surface area contributed by atoms with Crippen LogP contribution < -0.4 is 4.74 Å². The highest BCUT2D eigenvalue weighted by Crippen LogP contribution is 2.65. The van der Waals surface area contributed by atoms with E-state index in [-0.39, 0.29) is 29.6 Å². The molecule has 0 bridgehead atoms. The van der Waals surface area contributed by atoms with Crippen molar-refractivity contribution in [1.82, 2.24) is 0 Å². The van der Waals surface area contributed by atoms with E-state index in [1.165, 1.54) is 0 Å². The van der Waals surface area contributed by atoms with Crippen molar-refractivity contribution in [2.75, 3.05) is 20.2 Å². The molecule has 0 amide bonds. The van der Waals surface area contributed by atoms with E-state index in [0.717, 1.165) is 36.3 Å².